The van der Waals surface area contributed by atoms with Crippen LogP contribution in [0.2, 0.25) is 0 Å². The maximum atomic E-state index is 11.3. The van der Waals surface area contributed by atoms with Crippen molar-refractivity contribution < 1.29 is 9.53 Å². The Bertz CT molecular complexity index is 527. The molecule has 0 aliphatic heterocycles. The summed E-state index contributed by atoms with van der Waals surface area (Å²) in [6.45, 7) is 10.4. The summed E-state index contributed by atoms with van der Waals surface area (Å²) in [7, 11) is 3.59. The topological polar surface area (TPSA) is 29.5 Å². The summed E-state index contributed by atoms with van der Waals surface area (Å²) in [6.07, 6.45) is 2.05. The molecule has 0 aliphatic rings. The van der Waals surface area contributed by atoms with E-state index in [1.807, 2.05) is 36.2 Å². The smallest absolute Gasteiger partial charge is 0.149 e. The molecular formula is C18H25NO2. The Morgan fingerprint density at radius 1 is 1.33 bits per heavy atom. The van der Waals surface area contributed by atoms with Gasteiger partial charge in [0.15, 0.2) is 0 Å². The number of nitrogens with zero attached hydrogens (tertiary/aromatic N) is 1. The molecule has 0 saturated heterocycles. The lowest BCUT2D eigenvalue weighted by Gasteiger charge is -2.25. The number of allylic oxidation sites excluding steroid dienone is 3. The SMILES string of the molecule is C=C(/C=C(/C(C)C)N(C)CC(C)=O)c1ccc(OC)cc1. The summed E-state index contributed by atoms with van der Waals surface area (Å²) in [5.41, 5.74) is 3.08. The molecule has 0 unspecified atom stereocenters. The van der Waals surface area contributed by atoms with E-state index in [0.717, 1.165) is 22.6 Å². The third-order valence-electron chi connectivity index (χ3n) is 3.28. The highest BCUT2D eigenvalue weighted by Gasteiger charge is 2.11. The van der Waals surface area contributed by atoms with Crippen LogP contribution in [0.3, 0.4) is 0 Å². The molecule has 1 aromatic rings. The first-order valence-electron chi connectivity index (χ1n) is 7.10. The monoisotopic (exact) mass is 287 g/mol. The first kappa shape index (κ1) is 17.0. The Hall–Kier alpha value is -2.03. The fourth-order valence-electron chi connectivity index (χ4n) is 2.21. The molecule has 0 bridgehead atoms. The van der Waals surface area contributed by atoms with E-state index in [0.29, 0.717) is 12.5 Å². The van der Waals surface area contributed by atoms with Gasteiger partial charge >= 0.3 is 0 Å². The van der Waals surface area contributed by atoms with Crippen molar-refractivity contribution in [2.24, 2.45) is 5.92 Å². The van der Waals surface area contributed by atoms with E-state index in [-0.39, 0.29) is 5.78 Å². The van der Waals surface area contributed by atoms with Crippen LogP contribution in [0, 0.1) is 5.92 Å². The van der Waals surface area contributed by atoms with E-state index in [4.69, 9.17) is 4.74 Å². The molecule has 0 radical (unpaired) electrons. The van der Waals surface area contributed by atoms with Gasteiger partial charge in [-0.3, -0.25) is 4.79 Å². The summed E-state index contributed by atoms with van der Waals surface area (Å²) >= 11 is 0. The standard InChI is InChI=1S/C18H25NO2/c1-13(2)18(19(5)12-15(4)20)11-14(3)16-7-9-17(21-6)10-8-16/h7-11,13H,3,12H2,1-2,4-6H3/b18-11-. The molecule has 0 aromatic heterocycles. The van der Waals surface area contributed by atoms with Gasteiger partial charge in [0.2, 0.25) is 0 Å². The normalized spacial score (nSPS) is 11.4. The van der Waals surface area contributed by atoms with Gasteiger partial charge in [-0.05, 0) is 42.2 Å². The highest BCUT2D eigenvalue weighted by atomic mass is 16.5. The van der Waals surface area contributed by atoms with Crippen molar-refractivity contribution in [3.05, 3.63) is 48.2 Å². The quantitative estimate of drug-likeness (QED) is 0.715. The Morgan fingerprint density at radius 3 is 2.33 bits per heavy atom. The average molecular weight is 287 g/mol. The Labute approximate surface area is 127 Å². The van der Waals surface area contributed by atoms with Gasteiger partial charge in [-0.15, -0.1) is 0 Å². The number of carbonyl (C=O) groups is 1. The molecule has 1 aromatic carbocycles. The number of hydrogen-bond donors (Lipinski definition) is 0. The summed E-state index contributed by atoms with van der Waals surface area (Å²) in [4.78, 5) is 13.3. The molecule has 21 heavy (non-hydrogen) atoms. The third-order valence-corrected chi connectivity index (χ3v) is 3.28. The van der Waals surface area contributed by atoms with E-state index in [9.17, 15) is 4.79 Å². The highest BCUT2D eigenvalue weighted by Crippen LogP contribution is 2.23. The lowest BCUT2D eigenvalue weighted by Crippen LogP contribution is -2.26. The van der Waals surface area contributed by atoms with Gasteiger partial charge in [0.1, 0.15) is 11.5 Å². The number of benzene rings is 1. The predicted octanol–water partition coefficient (Wildman–Crippen LogP) is 3.77. The minimum absolute atomic E-state index is 0.152. The largest absolute Gasteiger partial charge is 0.497 e. The van der Waals surface area contributed by atoms with Gasteiger partial charge in [0, 0.05) is 12.7 Å². The second kappa shape index (κ2) is 7.67. The van der Waals surface area contributed by atoms with Crippen LogP contribution in [-0.4, -0.2) is 31.4 Å². The molecule has 0 spiro atoms. The fourth-order valence-corrected chi connectivity index (χ4v) is 2.21. The van der Waals surface area contributed by atoms with E-state index >= 15 is 0 Å². The summed E-state index contributed by atoms with van der Waals surface area (Å²) in [6, 6.07) is 7.81. The van der Waals surface area contributed by atoms with E-state index < -0.39 is 0 Å². The third kappa shape index (κ3) is 5.10. The van der Waals surface area contributed by atoms with E-state index in [1.165, 1.54) is 0 Å². The van der Waals surface area contributed by atoms with Gasteiger partial charge in [-0.25, -0.2) is 0 Å². The van der Waals surface area contributed by atoms with Crippen molar-refractivity contribution in [3.8, 4) is 5.75 Å². The van der Waals surface area contributed by atoms with Crippen molar-refractivity contribution in [2.75, 3.05) is 20.7 Å². The van der Waals surface area contributed by atoms with Gasteiger partial charge in [-0.2, -0.15) is 0 Å². The van der Waals surface area contributed by atoms with Crippen molar-refractivity contribution in [1.29, 1.82) is 0 Å². The molecule has 0 saturated carbocycles. The van der Waals surface area contributed by atoms with E-state index in [2.05, 4.69) is 26.5 Å². The van der Waals surface area contributed by atoms with E-state index in [1.54, 1.807) is 14.0 Å². The number of Topliss-reactive ketones (excluding diaryl/α,β-unsaturated/α-hetero) is 1. The second-order valence-electron chi connectivity index (χ2n) is 5.54. The van der Waals surface area contributed by atoms with Crippen molar-refractivity contribution >= 4 is 11.4 Å². The summed E-state index contributed by atoms with van der Waals surface area (Å²) in [5.74, 6) is 1.30. The second-order valence-corrected chi connectivity index (χ2v) is 5.54. The maximum Gasteiger partial charge on any atom is 0.149 e. The number of ketones is 1. The molecule has 0 aliphatic carbocycles. The van der Waals surface area contributed by atoms with Crippen LogP contribution in [0.15, 0.2) is 42.6 Å². The molecule has 3 nitrogen and oxygen atoms in total. The Kier molecular flexibility index (Phi) is 6.22. The lowest BCUT2D eigenvalue weighted by atomic mass is 10.0. The number of ether oxygens (including phenoxy) is 1. The number of likely N-dealkylation sites (N-methyl/N-ethyl adjacent to an activating group) is 1. The van der Waals surface area contributed by atoms with Gasteiger partial charge in [0.05, 0.1) is 13.7 Å². The molecular weight excluding hydrogens is 262 g/mol. The molecule has 1 rings (SSSR count). The number of carbonyl (C=O) groups excluding carboxylic acids is 1. The van der Waals surface area contributed by atoms with Gasteiger partial charge in [-0.1, -0.05) is 32.6 Å². The number of methoxy groups -OCH3 is 1. The minimum Gasteiger partial charge on any atom is -0.497 e. The predicted molar refractivity (Wildman–Crippen MR) is 88.3 cm³/mol. The zero-order valence-electron chi connectivity index (χ0n) is 13.6. The van der Waals surface area contributed by atoms with Crippen LogP contribution in [-0.2, 0) is 4.79 Å². The summed E-state index contributed by atoms with van der Waals surface area (Å²) in [5, 5.41) is 0. The maximum absolute atomic E-state index is 11.3. The zero-order chi connectivity index (χ0) is 16.0. The van der Waals surface area contributed by atoms with Crippen LogP contribution in [0.25, 0.3) is 5.57 Å². The van der Waals surface area contributed by atoms with Gasteiger partial charge < -0.3 is 9.64 Å². The minimum atomic E-state index is 0.152. The van der Waals surface area contributed by atoms with Crippen molar-refractivity contribution in [3.63, 3.8) is 0 Å². The zero-order valence-corrected chi connectivity index (χ0v) is 13.6. The van der Waals surface area contributed by atoms with Crippen LogP contribution in [0.4, 0.5) is 0 Å². The fraction of sp³-hybridized carbons (Fsp3) is 0.389. The van der Waals surface area contributed by atoms with Crippen molar-refractivity contribution in [2.45, 2.75) is 20.8 Å². The van der Waals surface area contributed by atoms with Gasteiger partial charge in [0.25, 0.3) is 0 Å². The van der Waals surface area contributed by atoms with Crippen LogP contribution in [0.1, 0.15) is 26.3 Å². The molecule has 0 N–H and O–H groups in total. The first-order chi connectivity index (χ1) is 9.85. The highest BCUT2D eigenvalue weighted by molar-refractivity contribution is 5.78. The molecule has 0 amide bonds. The van der Waals surface area contributed by atoms with Crippen LogP contribution in [0.5, 0.6) is 5.75 Å². The number of hydrogen-bond acceptors (Lipinski definition) is 3. The molecule has 114 valence electrons. The average Bonchev–Trinajstić information content (AvgIpc) is 2.43. The Morgan fingerprint density at radius 2 is 1.90 bits per heavy atom. The van der Waals surface area contributed by atoms with Crippen molar-refractivity contribution in [1.82, 2.24) is 4.90 Å². The van der Waals surface area contributed by atoms with Crippen LogP contribution < -0.4 is 4.74 Å². The molecule has 0 fully saturated rings. The Balaban J connectivity index is 2.98. The lowest BCUT2D eigenvalue weighted by molar-refractivity contribution is -0.117. The molecule has 0 atom stereocenters. The summed E-state index contributed by atoms with van der Waals surface area (Å²) < 4.78 is 5.16. The molecule has 0 heterocycles. The first-order valence-corrected chi connectivity index (χ1v) is 7.10. The van der Waals surface area contributed by atoms with Crippen LogP contribution >= 0.6 is 0 Å². The number of rotatable bonds is 7. The molecule has 3 heteroatoms.